The molecular formula is C20H35N5O2. The molecule has 4 N–H and O–H groups in total. The first-order valence-corrected chi connectivity index (χ1v) is 9.44. The topological polar surface area (TPSA) is 86.8 Å². The number of para-hydroxylation sites is 1. The van der Waals surface area contributed by atoms with E-state index in [1.807, 2.05) is 39.0 Å². The predicted molar refractivity (Wildman–Crippen MR) is 112 cm³/mol. The Morgan fingerprint density at radius 3 is 2.26 bits per heavy atom. The molecule has 0 fully saturated rings. The number of nitrogens with zero attached hydrogens (tertiary/aromatic N) is 1. The smallest absolute Gasteiger partial charge is 0.407 e. The quantitative estimate of drug-likeness (QED) is 0.318. The Balaban J connectivity index is 2.36. The number of anilines is 1. The standard InChI is InChI=1S/C20H35N5O2/c1-15(2)17(25-16-10-8-7-9-11-16)14-24-18(21-6)22-12-13-23-19(26)27-20(3,4)5/h7-11,15,17,25H,12-14H2,1-6H3,(H,23,26)(H2,21,22,24). The van der Waals surface area contributed by atoms with Crippen LogP contribution in [0.4, 0.5) is 10.5 Å². The van der Waals surface area contributed by atoms with E-state index < -0.39 is 11.7 Å². The zero-order valence-electron chi connectivity index (χ0n) is 17.4. The van der Waals surface area contributed by atoms with Gasteiger partial charge < -0.3 is 26.0 Å². The van der Waals surface area contributed by atoms with Crippen molar-refractivity contribution in [2.75, 3.05) is 32.0 Å². The number of guanidine groups is 1. The summed E-state index contributed by atoms with van der Waals surface area (Å²) in [6.07, 6.45) is -0.417. The molecule has 0 radical (unpaired) electrons. The fourth-order valence-electron chi connectivity index (χ4n) is 2.29. The summed E-state index contributed by atoms with van der Waals surface area (Å²) in [5.74, 6) is 1.14. The lowest BCUT2D eigenvalue weighted by atomic mass is 10.0. The molecule has 27 heavy (non-hydrogen) atoms. The van der Waals surface area contributed by atoms with Crippen LogP contribution in [0.5, 0.6) is 0 Å². The number of hydrogen-bond donors (Lipinski definition) is 4. The maximum absolute atomic E-state index is 11.6. The molecule has 0 aromatic heterocycles. The highest BCUT2D eigenvalue weighted by Gasteiger charge is 2.16. The second kappa shape index (κ2) is 11.3. The average Bonchev–Trinajstić information content (AvgIpc) is 2.59. The number of carbonyl (C=O) groups is 1. The van der Waals surface area contributed by atoms with Crippen LogP contribution >= 0.6 is 0 Å². The number of aliphatic imine (C=N–C) groups is 1. The van der Waals surface area contributed by atoms with Gasteiger partial charge in [-0.05, 0) is 38.8 Å². The molecule has 0 saturated carbocycles. The van der Waals surface area contributed by atoms with Crippen LogP contribution in [0.2, 0.25) is 0 Å². The first-order valence-electron chi connectivity index (χ1n) is 9.44. The normalized spacial score (nSPS) is 13.1. The first-order chi connectivity index (χ1) is 12.7. The maximum atomic E-state index is 11.6. The van der Waals surface area contributed by atoms with Gasteiger partial charge >= 0.3 is 6.09 Å². The number of benzene rings is 1. The molecule has 1 rings (SSSR count). The van der Waals surface area contributed by atoms with Gasteiger partial charge in [-0.2, -0.15) is 0 Å². The first kappa shape index (κ1) is 22.6. The Kier molecular flexibility index (Phi) is 9.47. The number of ether oxygens (including phenoxy) is 1. The molecule has 0 heterocycles. The lowest BCUT2D eigenvalue weighted by Crippen LogP contribution is -2.46. The highest BCUT2D eigenvalue weighted by Crippen LogP contribution is 2.11. The Hall–Kier alpha value is -2.44. The molecule has 1 atom stereocenters. The maximum Gasteiger partial charge on any atom is 0.407 e. The molecule has 0 bridgehead atoms. The molecular weight excluding hydrogens is 342 g/mol. The van der Waals surface area contributed by atoms with Crippen molar-refractivity contribution in [2.24, 2.45) is 10.9 Å². The van der Waals surface area contributed by atoms with Crippen LogP contribution in [0.15, 0.2) is 35.3 Å². The minimum absolute atomic E-state index is 0.255. The molecule has 1 aromatic rings. The van der Waals surface area contributed by atoms with Crippen molar-refractivity contribution >= 4 is 17.7 Å². The number of hydrogen-bond acceptors (Lipinski definition) is 4. The van der Waals surface area contributed by atoms with Gasteiger partial charge in [0.1, 0.15) is 5.60 Å². The summed E-state index contributed by atoms with van der Waals surface area (Å²) in [5.41, 5.74) is 0.606. The highest BCUT2D eigenvalue weighted by molar-refractivity contribution is 5.79. The summed E-state index contributed by atoms with van der Waals surface area (Å²) in [6.45, 7) is 11.6. The molecule has 1 unspecified atom stereocenters. The molecule has 0 saturated heterocycles. The van der Waals surface area contributed by atoms with Crippen molar-refractivity contribution < 1.29 is 9.53 Å². The number of amides is 1. The fourth-order valence-corrected chi connectivity index (χ4v) is 2.29. The number of nitrogens with one attached hydrogen (secondary N) is 4. The van der Waals surface area contributed by atoms with Crippen LogP contribution in [0, 0.1) is 5.92 Å². The molecule has 0 aliphatic rings. The second-order valence-electron chi connectivity index (χ2n) is 7.67. The van der Waals surface area contributed by atoms with Gasteiger partial charge in [0, 0.05) is 38.4 Å². The minimum atomic E-state index is -0.493. The molecule has 152 valence electrons. The zero-order chi connectivity index (χ0) is 20.3. The van der Waals surface area contributed by atoms with Crippen molar-refractivity contribution in [3.63, 3.8) is 0 Å². The van der Waals surface area contributed by atoms with E-state index >= 15 is 0 Å². The average molecular weight is 378 g/mol. The van der Waals surface area contributed by atoms with Gasteiger partial charge in [0.05, 0.1) is 0 Å². The third-order valence-electron chi connectivity index (χ3n) is 3.73. The van der Waals surface area contributed by atoms with Crippen LogP contribution in [0.1, 0.15) is 34.6 Å². The van der Waals surface area contributed by atoms with Gasteiger partial charge in [0.2, 0.25) is 0 Å². The van der Waals surface area contributed by atoms with E-state index in [4.69, 9.17) is 4.74 Å². The molecule has 1 amide bonds. The third-order valence-corrected chi connectivity index (χ3v) is 3.73. The van der Waals surface area contributed by atoms with E-state index in [0.29, 0.717) is 25.0 Å². The van der Waals surface area contributed by atoms with Crippen LogP contribution in [0.3, 0.4) is 0 Å². The van der Waals surface area contributed by atoms with Crippen molar-refractivity contribution in [3.8, 4) is 0 Å². The van der Waals surface area contributed by atoms with E-state index in [9.17, 15) is 4.79 Å². The van der Waals surface area contributed by atoms with Crippen LogP contribution in [0.25, 0.3) is 0 Å². The summed E-state index contributed by atoms with van der Waals surface area (Å²) < 4.78 is 5.20. The molecule has 0 aliphatic heterocycles. The van der Waals surface area contributed by atoms with Gasteiger partial charge in [-0.25, -0.2) is 4.79 Å². The van der Waals surface area contributed by atoms with Crippen molar-refractivity contribution in [2.45, 2.75) is 46.3 Å². The van der Waals surface area contributed by atoms with Gasteiger partial charge in [0.25, 0.3) is 0 Å². The van der Waals surface area contributed by atoms with Gasteiger partial charge in [-0.3, -0.25) is 4.99 Å². The van der Waals surface area contributed by atoms with E-state index in [2.05, 4.69) is 52.2 Å². The predicted octanol–water partition coefficient (Wildman–Crippen LogP) is 2.81. The van der Waals surface area contributed by atoms with E-state index in [1.54, 1.807) is 7.05 Å². The van der Waals surface area contributed by atoms with Crippen LogP contribution < -0.4 is 21.3 Å². The van der Waals surface area contributed by atoms with Crippen LogP contribution in [-0.2, 0) is 4.74 Å². The molecule has 0 spiro atoms. The lowest BCUT2D eigenvalue weighted by Gasteiger charge is -2.25. The SMILES string of the molecule is CN=C(NCCNC(=O)OC(C)(C)C)NCC(Nc1ccccc1)C(C)C. The zero-order valence-corrected chi connectivity index (χ0v) is 17.4. The van der Waals surface area contributed by atoms with E-state index in [0.717, 1.165) is 12.2 Å². The Labute approximate surface area is 163 Å². The van der Waals surface area contributed by atoms with Crippen LogP contribution in [-0.4, -0.2) is 50.4 Å². The number of alkyl carbamates (subject to hydrolysis) is 1. The Bertz CT molecular complexity index is 582. The largest absolute Gasteiger partial charge is 0.444 e. The Morgan fingerprint density at radius 2 is 1.70 bits per heavy atom. The summed E-state index contributed by atoms with van der Waals surface area (Å²) in [4.78, 5) is 15.8. The summed E-state index contributed by atoms with van der Waals surface area (Å²) in [6, 6.07) is 10.4. The van der Waals surface area contributed by atoms with Gasteiger partial charge in [0.15, 0.2) is 5.96 Å². The fraction of sp³-hybridized carbons (Fsp3) is 0.600. The van der Waals surface area contributed by atoms with Crippen molar-refractivity contribution in [3.05, 3.63) is 30.3 Å². The van der Waals surface area contributed by atoms with Gasteiger partial charge in [-0.15, -0.1) is 0 Å². The molecule has 7 nitrogen and oxygen atoms in total. The Morgan fingerprint density at radius 1 is 1.07 bits per heavy atom. The van der Waals surface area contributed by atoms with E-state index in [1.165, 1.54) is 0 Å². The van der Waals surface area contributed by atoms with Crippen molar-refractivity contribution in [1.29, 1.82) is 0 Å². The van der Waals surface area contributed by atoms with Crippen molar-refractivity contribution in [1.82, 2.24) is 16.0 Å². The second-order valence-corrected chi connectivity index (χ2v) is 7.67. The minimum Gasteiger partial charge on any atom is -0.444 e. The number of carbonyl (C=O) groups excluding carboxylic acids is 1. The number of rotatable bonds is 8. The molecule has 1 aromatic carbocycles. The third kappa shape index (κ3) is 10.3. The highest BCUT2D eigenvalue weighted by atomic mass is 16.6. The lowest BCUT2D eigenvalue weighted by molar-refractivity contribution is 0.0529. The monoisotopic (exact) mass is 377 g/mol. The summed E-state index contributed by atoms with van der Waals surface area (Å²) in [5, 5.41) is 12.8. The summed E-state index contributed by atoms with van der Waals surface area (Å²) >= 11 is 0. The molecule has 0 aliphatic carbocycles. The van der Waals surface area contributed by atoms with E-state index in [-0.39, 0.29) is 6.04 Å². The van der Waals surface area contributed by atoms with Gasteiger partial charge in [-0.1, -0.05) is 32.0 Å². The summed E-state index contributed by atoms with van der Waals surface area (Å²) in [7, 11) is 1.73. The molecule has 7 heteroatoms.